The highest BCUT2D eigenvalue weighted by Gasteiger charge is 2.25. The maximum Gasteiger partial charge on any atom is 0.123 e. The highest BCUT2D eigenvalue weighted by Crippen LogP contribution is 2.23. The molecule has 0 bridgehead atoms. The number of hydrogen-bond acceptors (Lipinski definition) is 3. The van der Waals surface area contributed by atoms with Crippen LogP contribution in [0.3, 0.4) is 0 Å². The highest BCUT2D eigenvalue weighted by molar-refractivity contribution is 6.30. The molecule has 0 unspecified atom stereocenters. The van der Waals surface area contributed by atoms with E-state index < -0.39 is 12.1 Å². The van der Waals surface area contributed by atoms with Crippen molar-refractivity contribution >= 4 is 11.6 Å². The molecule has 0 spiro atoms. The van der Waals surface area contributed by atoms with Crippen molar-refractivity contribution in [1.29, 1.82) is 0 Å². The predicted octanol–water partition coefficient (Wildman–Crippen LogP) is 1.40. The third kappa shape index (κ3) is 1.36. The molecule has 1 N–H and O–H groups in total. The lowest BCUT2D eigenvalue weighted by molar-refractivity contribution is 0.176. The van der Waals surface area contributed by atoms with Gasteiger partial charge in [0.2, 0.25) is 0 Å². The van der Waals surface area contributed by atoms with E-state index in [0.29, 0.717) is 11.5 Å². The van der Waals surface area contributed by atoms with E-state index in [-0.39, 0.29) is 0 Å². The van der Waals surface area contributed by atoms with Gasteiger partial charge in [0, 0.05) is 5.03 Å². The molecule has 10 heavy (non-hydrogen) atoms. The summed E-state index contributed by atoms with van der Waals surface area (Å²) in [6, 6.07) is -0.544. The lowest BCUT2D eigenvalue weighted by Gasteiger charge is -2.19. The van der Waals surface area contributed by atoms with Crippen molar-refractivity contribution in [2.45, 2.75) is 25.0 Å². The first-order valence-electron chi connectivity index (χ1n) is 3.12. The van der Waals surface area contributed by atoms with E-state index in [9.17, 15) is 4.91 Å². The van der Waals surface area contributed by atoms with Crippen LogP contribution in [0.2, 0.25) is 0 Å². The molecule has 0 aromatic rings. The van der Waals surface area contributed by atoms with E-state index in [4.69, 9.17) is 16.7 Å². The first kappa shape index (κ1) is 7.69. The van der Waals surface area contributed by atoms with Crippen molar-refractivity contribution in [3.63, 3.8) is 0 Å². The molecular weight excluding hydrogens is 154 g/mol. The number of allylic oxidation sites excluding steroid dienone is 1. The maximum atomic E-state index is 10.0. The minimum atomic E-state index is -0.868. The minimum Gasteiger partial charge on any atom is -0.385 e. The number of aliphatic hydroxyl groups is 1. The van der Waals surface area contributed by atoms with Gasteiger partial charge >= 0.3 is 0 Å². The lowest BCUT2D eigenvalue weighted by Crippen LogP contribution is -2.26. The van der Waals surface area contributed by atoms with Crippen LogP contribution < -0.4 is 0 Å². The van der Waals surface area contributed by atoms with Crippen molar-refractivity contribution in [2.24, 2.45) is 5.18 Å². The Balaban J connectivity index is 2.67. The molecule has 1 rings (SSSR count). The van der Waals surface area contributed by atoms with Gasteiger partial charge in [0.25, 0.3) is 0 Å². The van der Waals surface area contributed by atoms with E-state index in [1.54, 1.807) is 6.08 Å². The Hall–Kier alpha value is -0.410. The van der Waals surface area contributed by atoms with E-state index in [1.807, 2.05) is 0 Å². The summed E-state index contributed by atoms with van der Waals surface area (Å²) >= 11 is 5.55. The van der Waals surface area contributed by atoms with E-state index in [0.717, 1.165) is 6.42 Å². The van der Waals surface area contributed by atoms with Crippen LogP contribution in [0, 0.1) is 4.91 Å². The Morgan fingerprint density at radius 3 is 3.00 bits per heavy atom. The molecule has 0 aliphatic heterocycles. The summed E-state index contributed by atoms with van der Waals surface area (Å²) < 4.78 is 0. The molecule has 0 heterocycles. The number of nitrogens with zero attached hydrogens (tertiary/aromatic N) is 1. The van der Waals surface area contributed by atoms with Crippen LogP contribution in [0.4, 0.5) is 0 Å². The van der Waals surface area contributed by atoms with Gasteiger partial charge in [-0.25, -0.2) is 0 Å². The number of nitroso groups, excluding NO2 is 1. The quantitative estimate of drug-likeness (QED) is 0.591. The van der Waals surface area contributed by atoms with Gasteiger partial charge in [-0.2, -0.15) is 4.91 Å². The molecule has 1 aliphatic rings. The van der Waals surface area contributed by atoms with E-state index in [2.05, 4.69) is 5.18 Å². The summed E-state index contributed by atoms with van der Waals surface area (Å²) in [6.07, 6.45) is 2.18. The molecule has 0 saturated carbocycles. The topological polar surface area (TPSA) is 49.7 Å². The fourth-order valence-corrected chi connectivity index (χ4v) is 1.22. The van der Waals surface area contributed by atoms with Crippen molar-refractivity contribution in [3.05, 3.63) is 16.0 Å². The molecule has 1 aliphatic carbocycles. The summed E-state index contributed by atoms with van der Waals surface area (Å²) in [5.74, 6) is 0. The van der Waals surface area contributed by atoms with Gasteiger partial charge in [0.15, 0.2) is 0 Å². The fourth-order valence-electron chi connectivity index (χ4n) is 0.965. The molecule has 56 valence electrons. The fraction of sp³-hybridized carbons (Fsp3) is 0.667. The Kier molecular flexibility index (Phi) is 2.40. The molecule has 2 atom stereocenters. The number of aliphatic hydroxyl groups excluding tert-OH is 1. The zero-order valence-electron chi connectivity index (χ0n) is 5.33. The monoisotopic (exact) mass is 161 g/mol. The normalized spacial score (nSPS) is 33.2. The summed E-state index contributed by atoms with van der Waals surface area (Å²) in [5, 5.41) is 12.2. The van der Waals surface area contributed by atoms with Crippen LogP contribution in [0.25, 0.3) is 0 Å². The van der Waals surface area contributed by atoms with E-state index >= 15 is 0 Å². The molecule has 0 fully saturated rings. The molecule has 0 aromatic carbocycles. The van der Waals surface area contributed by atoms with Gasteiger partial charge in [-0.15, -0.1) is 0 Å². The molecule has 0 aromatic heterocycles. The van der Waals surface area contributed by atoms with Gasteiger partial charge in [-0.05, 0) is 12.8 Å². The van der Waals surface area contributed by atoms with Crippen molar-refractivity contribution in [1.82, 2.24) is 0 Å². The summed E-state index contributed by atoms with van der Waals surface area (Å²) in [5.41, 5.74) is 0. The van der Waals surface area contributed by atoms with E-state index in [1.165, 1.54) is 0 Å². The first-order valence-corrected chi connectivity index (χ1v) is 3.49. The number of halogens is 1. The smallest absolute Gasteiger partial charge is 0.123 e. The second-order valence-corrected chi connectivity index (χ2v) is 2.72. The van der Waals surface area contributed by atoms with Crippen LogP contribution in [-0.4, -0.2) is 17.3 Å². The zero-order chi connectivity index (χ0) is 7.56. The Morgan fingerprint density at radius 2 is 2.50 bits per heavy atom. The average Bonchev–Trinajstić information content (AvgIpc) is 1.95. The molecule has 0 amide bonds. The van der Waals surface area contributed by atoms with Crippen molar-refractivity contribution in [3.8, 4) is 0 Å². The minimum absolute atomic E-state index is 0.343. The summed E-state index contributed by atoms with van der Waals surface area (Å²) in [7, 11) is 0. The van der Waals surface area contributed by atoms with Crippen LogP contribution in [0.1, 0.15) is 12.8 Å². The van der Waals surface area contributed by atoms with Crippen LogP contribution in [-0.2, 0) is 0 Å². The average molecular weight is 162 g/mol. The molecular formula is C6H8ClNO2. The Morgan fingerprint density at radius 1 is 1.80 bits per heavy atom. The zero-order valence-corrected chi connectivity index (χ0v) is 6.08. The predicted molar refractivity (Wildman–Crippen MR) is 38.8 cm³/mol. The molecule has 0 saturated heterocycles. The third-order valence-electron chi connectivity index (χ3n) is 1.58. The van der Waals surface area contributed by atoms with Gasteiger partial charge in [0.1, 0.15) is 12.1 Å². The van der Waals surface area contributed by atoms with Crippen LogP contribution >= 0.6 is 11.6 Å². The van der Waals surface area contributed by atoms with Crippen LogP contribution in [0.5, 0.6) is 0 Å². The Labute approximate surface area is 63.7 Å². The van der Waals surface area contributed by atoms with Gasteiger partial charge < -0.3 is 5.11 Å². The maximum absolute atomic E-state index is 10.0. The molecule has 3 nitrogen and oxygen atoms in total. The van der Waals surface area contributed by atoms with Crippen molar-refractivity contribution < 1.29 is 5.11 Å². The number of hydrogen-bond donors (Lipinski definition) is 1. The molecule has 0 radical (unpaired) electrons. The summed E-state index contributed by atoms with van der Waals surface area (Å²) in [4.78, 5) is 10.0. The third-order valence-corrected chi connectivity index (χ3v) is 1.96. The SMILES string of the molecule is O=N[C@H]1CCC=C(Cl)[C@H]1O. The second kappa shape index (κ2) is 3.12. The van der Waals surface area contributed by atoms with Crippen LogP contribution in [0.15, 0.2) is 16.3 Å². The number of rotatable bonds is 1. The molecule has 4 heteroatoms. The summed E-state index contributed by atoms with van der Waals surface area (Å²) in [6.45, 7) is 0. The van der Waals surface area contributed by atoms with Gasteiger partial charge in [-0.1, -0.05) is 22.9 Å². The highest BCUT2D eigenvalue weighted by atomic mass is 35.5. The first-order chi connectivity index (χ1) is 4.75. The second-order valence-electron chi connectivity index (χ2n) is 2.28. The largest absolute Gasteiger partial charge is 0.385 e. The van der Waals surface area contributed by atoms with Gasteiger partial charge in [-0.3, -0.25) is 0 Å². The standard InChI is InChI=1S/C6H8ClNO2/c7-4-2-1-3-5(8-10)6(4)9/h2,5-6,9H,1,3H2/t5-,6+/m0/s1. The Bertz CT molecular complexity index is 169. The van der Waals surface area contributed by atoms with Gasteiger partial charge in [0.05, 0.1) is 0 Å². The lowest BCUT2D eigenvalue weighted by atomic mass is 10.00. The van der Waals surface area contributed by atoms with Crippen molar-refractivity contribution in [2.75, 3.05) is 0 Å².